The van der Waals surface area contributed by atoms with Gasteiger partial charge in [-0.2, -0.15) is 0 Å². The molecule has 0 fully saturated rings. The SMILES string of the molecule is CCc1ccc(C(=O)[C@@H](C)Sc2nnc([C@@H]3COc4ccccc4O3)o2)cc1. The van der Waals surface area contributed by atoms with Crippen LogP contribution in [-0.2, 0) is 6.42 Å². The standard InChI is InChI=1S/C21H20N2O4S/c1-3-14-8-10-15(11-9-14)19(24)13(2)28-21-23-22-20(27-21)18-12-25-16-6-4-5-7-17(16)26-18/h4-11,13,18H,3,12H2,1-2H3/t13-,18+/m1/s1. The molecule has 4 rings (SSSR count). The van der Waals surface area contributed by atoms with E-state index in [1.807, 2.05) is 55.5 Å². The molecule has 1 aliphatic heterocycles. The highest BCUT2D eigenvalue weighted by Crippen LogP contribution is 2.36. The van der Waals surface area contributed by atoms with Crippen molar-refractivity contribution in [1.82, 2.24) is 10.2 Å². The van der Waals surface area contributed by atoms with E-state index in [4.69, 9.17) is 13.9 Å². The molecule has 0 bridgehead atoms. The summed E-state index contributed by atoms with van der Waals surface area (Å²) in [6.07, 6.45) is 0.477. The zero-order valence-corrected chi connectivity index (χ0v) is 16.4. The van der Waals surface area contributed by atoms with E-state index in [1.54, 1.807) is 0 Å². The minimum absolute atomic E-state index is 0.0265. The third kappa shape index (κ3) is 3.89. The highest BCUT2D eigenvalue weighted by atomic mass is 32.2. The molecule has 0 spiro atoms. The fraction of sp³-hybridized carbons (Fsp3) is 0.286. The maximum Gasteiger partial charge on any atom is 0.277 e. The summed E-state index contributed by atoms with van der Waals surface area (Å²) >= 11 is 1.24. The van der Waals surface area contributed by atoms with Gasteiger partial charge in [-0.25, -0.2) is 0 Å². The molecular weight excluding hydrogens is 376 g/mol. The average Bonchev–Trinajstić information content (AvgIpc) is 3.21. The van der Waals surface area contributed by atoms with E-state index in [1.165, 1.54) is 17.3 Å². The normalized spacial score (nSPS) is 16.6. The van der Waals surface area contributed by atoms with E-state index in [-0.39, 0.29) is 11.0 Å². The van der Waals surface area contributed by atoms with E-state index in [2.05, 4.69) is 17.1 Å². The molecule has 0 amide bonds. The van der Waals surface area contributed by atoms with Crippen LogP contribution < -0.4 is 9.47 Å². The Hall–Kier alpha value is -2.80. The van der Waals surface area contributed by atoms with E-state index in [0.717, 1.165) is 6.42 Å². The van der Waals surface area contributed by atoms with Crippen LogP contribution in [-0.4, -0.2) is 27.8 Å². The number of rotatable bonds is 6. The summed E-state index contributed by atoms with van der Waals surface area (Å²) in [7, 11) is 0. The van der Waals surface area contributed by atoms with Crippen molar-refractivity contribution in [3.63, 3.8) is 0 Å². The lowest BCUT2D eigenvalue weighted by atomic mass is 10.1. The summed E-state index contributed by atoms with van der Waals surface area (Å²) in [6.45, 7) is 4.21. The number of nitrogens with zero attached hydrogens (tertiary/aromatic N) is 2. The third-order valence-corrected chi connectivity index (χ3v) is 5.43. The van der Waals surface area contributed by atoms with Crippen molar-refractivity contribution in [2.75, 3.05) is 6.61 Å². The molecule has 144 valence electrons. The summed E-state index contributed by atoms with van der Waals surface area (Å²) in [5.41, 5.74) is 1.88. The first kappa shape index (κ1) is 18.6. The number of aryl methyl sites for hydroxylation is 1. The summed E-state index contributed by atoms with van der Waals surface area (Å²) in [5, 5.41) is 8.11. The molecule has 2 heterocycles. The minimum atomic E-state index is -0.468. The third-order valence-electron chi connectivity index (χ3n) is 4.50. The van der Waals surface area contributed by atoms with Gasteiger partial charge in [-0.15, -0.1) is 10.2 Å². The van der Waals surface area contributed by atoms with Gasteiger partial charge in [0.2, 0.25) is 6.10 Å². The maximum absolute atomic E-state index is 12.6. The number of thioether (sulfide) groups is 1. The second-order valence-electron chi connectivity index (χ2n) is 6.45. The fourth-order valence-corrected chi connectivity index (χ4v) is 3.65. The lowest BCUT2D eigenvalue weighted by Gasteiger charge is -2.23. The quantitative estimate of drug-likeness (QED) is 0.448. The number of hydrogen-bond donors (Lipinski definition) is 0. The van der Waals surface area contributed by atoms with Crippen LogP contribution in [0.4, 0.5) is 0 Å². The van der Waals surface area contributed by atoms with Crippen molar-refractivity contribution in [1.29, 1.82) is 0 Å². The number of fused-ring (bicyclic) bond motifs is 1. The molecular formula is C21H20N2O4S. The van der Waals surface area contributed by atoms with Crippen molar-refractivity contribution in [3.05, 3.63) is 65.5 Å². The van der Waals surface area contributed by atoms with Gasteiger partial charge >= 0.3 is 0 Å². The lowest BCUT2D eigenvalue weighted by Crippen LogP contribution is -2.21. The van der Waals surface area contributed by atoms with Crippen LogP contribution in [0.3, 0.4) is 0 Å². The molecule has 0 radical (unpaired) electrons. The molecule has 0 saturated carbocycles. The largest absolute Gasteiger partial charge is 0.485 e. The Morgan fingerprint density at radius 1 is 1.14 bits per heavy atom. The minimum Gasteiger partial charge on any atom is -0.485 e. The number of ether oxygens (including phenoxy) is 2. The van der Waals surface area contributed by atoms with E-state index < -0.39 is 6.10 Å². The zero-order chi connectivity index (χ0) is 19.5. The molecule has 1 aliphatic rings. The first-order valence-electron chi connectivity index (χ1n) is 9.15. The van der Waals surface area contributed by atoms with Crippen LogP contribution in [0.1, 0.15) is 41.8 Å². The lowest BCUT2D eigenvalue weighted by molar-refractivity contribution is 0.0686. The maximum atomic E-state index is 12.6. The Morgan fingerprint density at radius 2 is 1.89 bits per heavy atom. The van der Waals surface area contributed by atoms with E-state index >= 15 is 0 Å². The van der Waals surface area contributed by atoms with Crippen molar-refractivity contribution in [2.24, 2.45) is 0 Å². The Balaban J connectivity index is 1.41. The Morgan fingerprint density at radius 3 is 2.64 bits per heavy atom. The zero-order valence-electron chi connectivity index (χ0n) is 15.6. The van der Waals surface area contributed by atoms with E-state index in [9.17, 15) is 4.79 Å². The molecule has 2 aromatic carbocycles. The monoisotopic (exact) mass is 396 g/mol. The van der Waals surface area contributed by atoms with Gasteiger partial charge in [-0.1, -0.05) is 55.1 Å². The van der Waals surface area contributed by atoms with Crippen LogP contribution >= 0.6 is 11.8 Å². The number of carbonyl (C=O) groups is 1. The van der Waals surface area contributed by atoms with E-state index in [0.29, 0.717) is 34.8 Å². The molecule has 0 aliphatic carbocycles. The molecule has 3 aromatic rings. The van der Waals surface area contributed by atoms with Gasteiger partial charge in [0.15, 0.2) is 17.3 Å². The fourth-order valence-electron chi connectivity index (χ4n) is 2.88. The predicted octanol–water partition coefficient (Wildman–Crippen LogP) is 4.51. The number of ketones is 1. The van der Waals surface area contributed by atoms with Gasteiger partial charge in [0.05, 0.1) is 5.25 Å². The molecule has 0 unspecified atom stereocenters. The van der Waals surface area contributed by atoms with Gasteiger partial charge in [0.1, 0.15) is 6.61 Å². The predicted molar refractivity (Wildman–Crippen MR) is 105 cm³/mol. The highest BCUT2D eigenvalue weighted by molar-refractivity contribution is 8.00. The number of hydrogen-bond acceptors (Lipinski definition) is 7. The van der Waals surface area contributed by atoms with Gasteiger partial charge in [-0.3, -0.25) is 4.79 Å². The van der Waals surface area contributed by atoms with Crippen molar-refractivity contribution >= 4 is 17.5 Å². The molecule has 1 aromatic heterocycles. The molecule has 2 atom stereocenters. The Bertz CT molecular complexity index is 971. The number of Topliss-reactive ketones (excluding diaryl/α,β-unsaturated/α-hetero) is 1. The Labute approximate surface area is 167 Å². The van der Waals surface area contributed by atoms with Crippen LogP contribution in [0.5, 0.6) is 11.5 Å². The summed E-state index contributed by atoms with van der Waals surface area (Å²) < 4.78 is 17.3. The first-order valence-corrected chi connectivity index (χ1v) is 10.0. The number of para-hydroxylation sites is 2. The molecule has 0 N–H and O–H groups in total. The van der Waals surface area contributed by atoms with Crippen molar-refractivity contribution < 1.29 is 18.7 Å². The number of carbonyl (C=O) groups excluding carboxylic acids is 1. The second-order valence-corrected chi connectivity index (χ2v) is 7.74. The van der Waals surface area contributed by atoms with Crippen molar-refractivity contribution in [3.8, 4) is 11.5 Å². The Kier molecular flexibility index (Phi) is 5.34. The van der Waals surface area contributed by atoms with Crippen molar-refractivity contribution in [2.45, 2.75) is 36.8 Å². The molecule has 6 nitrogen and oxygen atoms in total. The number of benzene rings is 2. The van der Waals surface area contributed by atoms with Gasteiger partial charge in [-0.05, 0) is 31.0 Å². The first-order chi connectivity index (χ1) is 13.6. The topological polar surface area (TPSA) is 74.5 Å². The van der Waals surface area contributed by atoms with Crippen LogP contribution in [0.2, 0.25) is 0 Å². The van der Waals surface area contributed by atoms with Gasteiger partial charge in [0.25, 0.3) is 11.1 Å². The van der Waals surface area contributed by atoms with Gasteiger partial charge < -0.3 is 13.9 Å². The van der Waals surface area contributed by atoms with Crippen LogP contribution in [0.25, 0.3) is 0 Å². The molecule has 7 heteroatoms. The summed E-state index contributed by atoms with van der Waals surface area (Å²) in [5.74, 6) is 1.70. The summed E-state index contributed by atoms with van der Waals surface area (Å²) in [4.78, 5) is 12.6. The summed E-state index contributed by atoms with van der Waals surface area (Å²) in [6, 6.07) is 15.1. The smallest absolute Gasteiger partial charge is 0.277 e. The van der Waals surface area contributed by atoms with Crippen LogP contribution in [0, 0.1) is 0 Å². The molecule has 0 saturated heterocycles. The number of aromatic nitrogens is 2. The second kappa shape index (κ2) is 8.06. The van der Waals surface area contributed by atoms with Crippen LogP contribution in [0.15, 0.2) is 58.2 Å². The van der Waals surface area contributed by atoms with Gasteiger partial charge in [0, 0.05) is 5.56 Å². The average molecular weight is 396 g/mol. The molecule has 28 heavy (non-hydrogen) atoms. The highest BCUT2D eigenvalue weighted by Gasteiger charge is 2.28.